The molecule has 0 spiro atoms. The molecular weight excluding hydrogens is 420 g/mol. The van der Waals surface area contributed by atoms with Crippen LogP contribution in [0.15, 0.2) is 72.1 Å². The van der Waals surface area contributed by atoms with E-state index in [-0.39, 0.29) is 18.0 Å². The van der Waals surface area contributed by atoms with Crippen molar-refractivity contribution in [3.63, 3.8) is 0 Å². The van der Waals surface area contributed by atoms with Gasteiger partial charge in [0.2, 0.25) is 0 Å². The smallest absolute Gasteiger partial charge is 0.319 e. The highest BCUT2D eigenvalue weighted by atomic mass is 32.1. The lowest BCUT2D eigenvalue weighted by atomic mass is 10.0. The molecule has 1 aliphatic rings. The molecular formula is C25H28N4O2S. The van der Waals surface area contributed by atoms with Gasteiger partial charge in [0.15, 0.2) is 0 Å². The molecule has 0 aliphatic carbocycles. The molecule has 1 aromatic heterocycles. The zero-order chi connectivity index (χ0) is 22.2. The van der Waals surface area contributed by atoms with Crippen LogP contribution in [-0.4, -0.2) is 37.6 Å². The maximum Gasteiger partial charge on any atom is 0.319 e. The third kappa shape index (κ3) is 5.88. The summed E-state index contributed by atoms with van der Waals surface area (Å²) in [6, 6.07) is 21.2. The molecule has 6 nitrogen and oxygen atoms in total. The second-order valence-corrected chi connectivity index (χ2v) is 8.86. The number of nitrogens with zero attached hydrogens (tertiary/aromatic N) is 1. The van der Waals surface area contributed by atoms with Crippen molar-refractivity contribution in [1.29, 1.82) is 0 Å². The lowest BCUT2D eigenvalue weighted by Gasteiger charge is -2.34. The van der Waals surface area contributed by atoms with E-state index in [1.807, 2.05) is 60.7 Å². The van der Waals surface area contributed by atoms with Crippen LogP contribution in [-0.2, 0) is 6.42 Å². The van der Waals surface area contributed by atoms with Crippen molar-refractivity contribution in [2.24, 2.45) is 0 Å². The minimum atomic E-state index is -0.180. The second-order valence-electron chi connectivity index (χ2n) is 7.83. The van der Waals surface area contributed by atoms with Crippen LogP contribution < -0.4 is 20.9 Å². The van der Waals surface area contributed by atoms with Gasteiger partial charge in [0.05, 0.1) is 5.56 Å². The Bertz CT molecular complexity index is 1020. The van der Waals surface area contributed by atoms with Crippen LogP contribution in [0.4, 0.5) is 16.2 Å². The number of anilines is 2. The van der Waals surface area contributed by atoms with Crippen molar-refractivity contribution in [3.8, 4) is 0 Å². The average molecular weight is 449 g/mol. The molecule has 0 bridgehead atoms. The molecule has 3 amide bonds. The van der Waals surface area contributed by atoms with Crippen LogP contribution in [0.1, 0.15) is 28.1 Å². The molecule has 7 heteroatoms. The molecule has 1 fully saturated rings. The summed E-state index contributed by atoms with van der Waals surface area (Å²) in [4.78, 5) is 28.6. The van der Waals surface area contributed by atoms with Crippen molar-refractivity contribution in [2.45, 2.75) is 25.3 Å². The molecule has 3 N–H and O–H groups in total. The second kappa shape index (κ2) is 10.8. The first-order valence-corrected chi connectivity index (χ1v) is 11.8. The van der Waals surface area contributed by atoms with Gasteiger partial charge in [-0.1, -0.05) is 36.4 Å². The Morgan fingerprint density at radius 3 is 2.44 bits per heavy atom. The van der Waals surface area contributed by atoms with E-state index in [0.717, 1.165) is 43.7 Å². The van der Waals surface area contributed by atoms with Gasteiger partial charge in [-0.2, -0.15) is 0 Å². The number of benzene rings is 2. The Hall–Kier alpha value is -3.32. The number of nitrogens with one attached hydrogen (secondary N) is 3. The Morgan fingerprint density at radius 2 is 1.69 bits per heavy atom. The van der Waals surface area contributed by atoms with Crippen LogP contribution in [0.2, 0.25) is 0 Å². The van der Waals surface area contributed by atoms with Gasteiger partial charge in [-0.15, -0.1) is 11.3 Å². The minimum absolute atomic E-state index is 0.0420. The molecule has 1 saturated heterocycles. The predicted octanol–water partition coefficient (Wildman–Crippen LogP) is 4.51. The van der Waals surface area contributed by atoms with Crippen molar-refractivity contribution in [1.82, 2.24) is 10.6 Å². The number of para-hydroxylation sites is 2. The molecule has 0 radical (unpaired) electrons. The first-order valence-electron chi connectivity index (χ1n) is 11.0. The van der Waals surface area contributed by atoms with Gasteiger partial charge in [-0.3, -0.25) is 4.79 Å². The van der Waals surface area contributed by atoms with E-state index in [9.17, 15) is 9.59 Å². The third-order valence-electron chi connectivity index (χ3n) is 5.59. The summed E-state index contributed by atoms with van der Waals surface area (Å²) in [6.07, 6.45) is 2.50. The van der Waals surface area contributed by atoms with E-state index < -0.39 is 0 Å². The SMILES string of the molecule is O=C(Nc1ccccc1)NC1CCN(c2ccccc2C(=O)NCCc2cccs2)CC1. The standard InChI is InChI=1S/C25H28N4O2S/c30-24(26-15-12-21-9-6-18-32-21)22-10-4-5-11-23(22)29-16-13-20(14-17-29)28-25(31)27-19-7-2-1-3-8-19/h1-11,18,20H,12-17H2,(H,26,30)(H2,27,28,31). The fourth-order valence-electron chi connectivity index (χ4n) is 3.93. The lowest BCUT2D eigenvalue weighted by Crippen LogP contribution is -2.46. The number of thiophene rings is 1. The first-order chi connectivity index (χ1) is 15.7. The van der Waals surface area contributed by atoms with Crippen LogP contribution in [0.25, 0.3) is 0 Å². The summed E-state index contributed by atoms with van der Waals surface area (Å²) in [6.45, 7) is 2.20. The number of rotatable bonds is 7. The lowest BCUT2D eigenvalue weighted by molar-refractivity contribution is 0.0954. The zero-order valence-electron chi connectivity index (χ0n) is 17.9. The van der Waals surface area contributed by atoms with E-state index in [4.69, 9.17) is 0 Å². The van der Waals surface area contributed by atoms with E-state index in [1.54, 1.807) is 11.3 Å². The predicted molar refractivity (Wildman–Crippen MR) is 131 cm³/mol. The summed E-state index contributed by atoms with van der Waals surface area (Å²) < 4.78 is 0. The summed E-state index contributed by atoms with van der Waals surface area (Å²) in [5, 5.41) is 11.0. The van der Waals surface area contributed by atoms with Crippen LogP contribution in [0.5, 0.6) is 0 Å². The molecule has 4 rings (SSSR count). The molecule has 3 aromatic rings. The Morgan fingerprint density at radius 1 is 0.938 bits per heavy atom. The van der Waals surface area contributed by atoms with Gasteiger partial charge >= 0.3 is 6.03 Å². The summed E-state index contributed by atoms with van der Waals surface area (Å²) in [5.41, 5.74) is 2.43. The number of carbonyl (C=O) groups excluding carboxylic acids is 2. The minimum Gasteiger partial charge on any atom is -0.371 e. The normalized spacial score (nSPS) is 14.1. The summed E-state index contributed by atoms with van der Waals surface area (Å²) in [7, 11) is 0. The van der Waals surface area contributed by atoms with Crippen molar-refractivity contribution in [3.05, 3.63) is 82.6 Å². The first kappa shape index (κ1) is 21.9. The van der Waals surface area contributed by atoms with Crippen molar-refractivity contribution < 1.29 is 9.59 Å². The summed E-state index contributed by atoms with van der Waals surface area (Å²) in [5.74, 6) is -0.0420. The molecule has 1 aliphatic heterocycles. The number of urea groups is 1. The van der Waals surface area contributed by atoms with Crippen molar-refractivity contribution in [2.75, 3.05) is 29.9 Å². The fraction of sp³-hybridized carbons (Fsp3) is 0.280. The third-order valence-corrected chi connectivity index (χ3v) is 6.52. The molecule has 2 aromatic carbocycles. The number of hydrogen-bond acceptors (Lipinski definition) is 4. The maximum atomic E-state index is 12.8. The monoisotopic (exact) mass is 448 g/mol. The van der Waals surface area contributed by atoms with E-state index in [2.05, 4.69) is 32.3 Å². The fourth-order valence-corrected chi connectivity index (χ4v) is 4.64. The molecule has 0 unspecified atom stereocenters. The Balaban J connectivity index is 1.28. The van der Waals surface area contributed by atoms with Crippen LogP contribution >= 0.6 is 11.3 Å². The largest absolute Gasteiger partial charge is 0.371 e. The highest BCUT2D eigenvalue weighted by molar-refractivity contribution is 7.09. The van der Waals surface area contributed by atoms with Gasteiger partial charge < -0.3 is 20.9 Å². The van der Waals surface area contributed by atoms with Gasteiger partial charge in [-0.05, 0) is 55.0 Å². The number of amides is 3. The Kier molecular flexibility index (Phi) is 7.40. The zero-order valence-corrected chi connectivity index (χ0v) is 18.7. The Labute approximate surface area is 192 Å². The topological polar surface area (TPSA) is 73.5 Å². The average Bonchev–Trinajstić information content (AvgIpc) is 3.34. The molecule has 0 atom stereocenters. The van der Waals surface area contributed by atoms with Gasteiger partial charge in [0, 0.05) is 41.9 Å². The van der Waals surface area contributed by atoms with Gasteiger partial charge in [0.1, 0.15) is 0 Å². The molecule has 0 saturated carbocycles. The molecule has 2 heterocycles. The summed E-state index contributed by atoms with van der Waals surface area (Å²) >= 11 is 1.71. The number of piperidine rings is 1. The number of hydrogen-bond donors (Lipinski definition) is 3. The van der Waals surface area contributed by atoms with Crippen LogP contribution in [0.3, 0.4) is 0 Å². The van der Waals surface area contributed by atoms with E-state index in [1.165, 1.54) is 4.88 Å². The van der Waals surface area contributed by atoms with Crippen molar-refractivity contribution >= 4 is 34.6 Å². The van der Waals surface area contributed by atoms with E-state index in [0.29, 0.717) is 12.1 Å². The highest BCUT2D eigenvalue weighted by Gasteiger charge is 2.23. The van der Waals surface area contributed by atoms with Crippen LogP contribution in [0, 0.1) is 0 Å². The van der Waals surface area contributed by atoms with Gasteiger partial charge in [-0.25, -0.2) is 4.79 Å². The van der Waals surface area contributed by atoms with Gasteiger partial charge in [0.25, 0.3) is 5.91 Å². The number of carbonyl (C=O) groups is 2. The highest BCUT2D eigenvalue weighted by Crippen LogP contribution is 2.24. The van der Waals surface area contributed by atoms with E-state index >= 15 is 0 Å². The maximum absolute atomic E-state index is 12.8. The quantitative estimate of drug-likeness (QED) is 0.498. The molecule has 166 valence electrons. The molecule has 32 heavy (non-hydrogen) atoms.